The number of nitrogens with one attached hydrogen (secondary N) is 1. The van der Waals surface area contributed by atoms with Gasteiger partial charge in [-0.05, 0) is 6.42 Å². The molecule has 0 rings (SSSR count). The van der Waals surface area contributed by atoms with Crippen molar-refractivity contribution < 1.29 is 13.7 Å². The van der Waals surface area contributed by atoms with Crippen LogP contribution in [-0.4, -0.2) is 47.9 Å². The first-order chi connectivity index (χ1) is 7.07. The Morgan fingerprint density at radius 1 is 1.60 bits per heavy atom. The predicted octanol–water partition coefficient (Wildman–Crippen LogP) is -0.765. The lowest BCUT2D eigenvalue weighted by Gasteiger charge is -2.09. The van der Waals surface area contributed by atoms with E-state index in [2.05, 4.69) is 5.32 Å². The molecule has 5 nitrogen and oxygen atoms in total. The van der Waals surface area contributed by atoms with Crippen LogP contribution in [0, 0.1) is 0 Å². The monoisotopic (exact) mass is 236 g/mol. The van der Waals surface area contributed by atoms with Crippen molar-refractivity contribution in [2.75, 3.05) is 32.6 Å². The molecule has 0 bridgehead atoms. The van der Waals surface area contributed by atoms with Crippen molar-refractivity contribution >= 4 is 16.7 Å². The number of hydrogen-bond acceptors (Lipinski definition) is 4. The van der Waals surface area contributed by atoms with Crippen LogP contribution < -0.4 is 11.1 Å². The number of amides is 1. The lowest BCUT2D eigenvalue weighted by atomic mass is 10.3. The molecule has 0 aliphatic carbocycles. The Morgan fingerprint density at radius 2 is 2.27 bits per heavy atom. The average Bonchev–Trinajstić information content (AvgIpc) is 2.18. The molecule has 6 heteroatoms. The molecule has 1 amide bonds. The second kappa shape index (κ2) is 8.82. The number of carbonyl (C=O) groups excluding carboxylic acids is 1. The topological polar surface area (TPSA) is 81.4 Å². The highest BCUT2D eigenvalue weighted by Gasteiger charge is 2.06. The molecular weight excluding hydrogens is 216 g/mol. The highest BCUT2D eigenvalue weighted by molar-refractivity contribution is 7.84. The fraction of sp³-hybridized carbons (Fsp3) is 0.889. The van der Waals surface area contributed by atoms with E-state index >= 15 is 0 Å². The van der Waals surface area contributed by atoms with Crippen molar-refractivity contribution in [3.8, 4) is 0 Å². The molecule has 0 spiro atoms. The van der Waals surface area contributed by atoms with Gasteiger partial charge in [0.1, 0.15) is 6.61 Å². The minimum atomic E-state index is -0.831. The summed E-state index contributed by atoms with van der Waals surface area (Å²) in [4.78, 5) is 11.1. The summed E-state index contributed by atoms with van der Waals surface area (Å²) >= 11 is 0. The lowest BCUT2D eigenvalue weighted by Crippen LogP contribution is -2.31. The fourth-order valence-electron chi connectivity index (χ4n) is 0.880. The molecular formula is C9H20N2O3S. The molecule has 15 heavy (non-hydrogen) atoms. The Kier molecular flexibility index (Phi) is 8.55. The SMILES string of the molecule is CC(CCNC(=O)COCCN)S(C)=O. The van der Waals surface area contributed by atoms with Gasteiger partial charge in [0.2, 0.25) is 5.91 Å². The Balaban J connectivity index is 3.42. The summed E-state index contributed by atoms with van der Waals surface area (Å²) in [6, 6.07) is 0. The summed E-state index contributed by atoms with van der Waals surface area (Å²) in [6.07, 6.45) is 2.38. The number of rotatable bonds is 8. The van der Waals surface area contributed by atoms with Crippen LogP contribution in [0.4, 0.5) is 0 Å². The molecule has 0 saturated carbocycles. The van der Waals surface area contributed by atoms with E-state index < -0.39 is 10.8 Å². The summed E-state index contributed by atoms with van der Waals surface area (Å²) in [5.41, 5.74) is 5.20. The first-order valence-corrected chi connectivity index (χ1v) is 6.56. The number of hydrogen-bond donors (Lipinski definition) is 2. The van der Waals surface area contributed by atoms with E-state index in [9.17, 15) is 9.00 Å². The van der Waals surface area contributed by atoms with Gasteiger partial charge < -0.3 is 15.8 Å². The Hall–Kier alpha value is -0.460. The van der Waals surface area contributed by atoms with Crippen LogP contribution in [-0.2, 0) is 20.3 Å². The molecule has 2 atom stereocenters. The molecule has 90 valence electrons. The summed E-state index contributed by atoms with van der Waals surface area (Å²) in [5.74, 6) is -0.155. The van der Waals surface area contributed by atoms with Crippen molar-refractivity contribution in [1.82, 2.24) is 5.32 Å². The maximum absolute atomic E-state index is 11.1. The normalized spacial score (nSPS) is 14.6. The maximum Gasteiger partial charge on any atom is 0.245 e. The number of nitrogens with two attached hydrogens (primary N) is 1. The fourth-order valence-corrected chi connectivity index (χ4v) is 1.33. The van der Waals surface area contributed by atoms with Gasteiger partial charge in [-0.1, -0.05) is 6.92 Å². The van der Waals surface area contributed by atoms with E-state index in [1.54, 1.807) is 6.26 Å². The van der Waals surface area contributed by atoms with Gasteiger partial charge in [-0.3, -0.25) is 9.00 Å². The standard InChI is InChI=1S/C9H20N2O3S/c1-8(15(2)13)3-5-11-9(12)7-14-6-4-10/h8H,3-7,10H2,1-2H3,(H,11,12). The van der Waals surface area contributed by atoms with E-state index in [-0.39, 0.29) is 17.8 Å². The third-order valence-corrected chi connectivity index (χ3v) is 3.30. The molecule has 0 aromatic carbocycles. The Labute approximate surface area is 93.2 Å². The van der Waals surface area contributed by atoms with Gasteiger partial charge in [-0.25, -0.2) is 0 Å². The second-order valence-electron chi connectivity index (χ2n) is 3.29. The summed E-state index contributed by atoms with van der Waals surface area (Å²) < 4.78 is 15.9. The average molecular weight is 236 g/mol. The molecule has 0 saturated heterocycles. The number of carbonyl (C=O) groups is 1. The highest BCUT2D eigenvalue weighted by atomic mass is 32.2. The third-order valence-electron chi connectivity index (χ3n) is 1.94. The van der Waals surface area contributed by atoms with Gasteiger partial charge in [0, 0.05) is 35.4 Å². The maximum atomic E-state index is 11.1. The third kappa shape index (κ3) is 8.53. The minimum Gasteiger partial charge on any atom is -0.370 e. The zero-order chi connectivity index (χ0) is 11.7. The highest BCUT2D eigenvalue weighted by Crippen LogP contribution is 1.96. The van der Waals surface area contributed by atoms with E-state index in [1.807, 2.05) is 6.92 Å². The van der Waals surface area contributed by atoms with Gasteiger partial charge in [-0.15, -0.1) is 0 Å². The first kappa shape index (κ1) is 14.5. The Bertz CT molecular complexity index is 212. The van der Waals surface area contributed by atoms with Crippen LogP contribution in [0.2, 0.25) is 0 Å². The van der Waals surface area contributed by atoms with Crippen LogP contribution in [0.25, 0.3) is 0 Å². The molecule has 2 unspecified atom stereocenters. The number of ether oxygens (including phenoxy) is 1. The largest absolute Gasteiger partial charge is 0.370 e. The quantitative estimate of drug-likeness (QED) is 0.543. The van der Waals surface area contributed by atoms with E-state index in [4.69, 9.17) is 10.5 Å². The minimum absolute atomic E-state index is 0.0425. The summed E-state index contributed by atoms with van der Waals surface area (Å²) in [5, 5.41) is 2.79. The van der Waals surface area contributed by atoms with Crippen LogP contribution in [0.5, 0.6) is 0 Å². The van der Waals surface area contributed by atoms with E-state index in [0.717, 1.165) is 0 Å². The lowest BCUT2D eigenvalue weighted by molar-refractivity contribution is -0.125. The molecule has 3 N–H and O–H groups in total. The second-order valence-corrected chi connectivity index (χ2v) is 5.09. The van der Waals surface area contributed by atoms with Crippen molar-refractivity contribution in [1.29, 1.82) is 0 Å². The molecule has 0 aliphatic rings. The smallest absolute Gasteiger partial charge is 0.245 e. The summed E-state index contributed by atoms with van der Waals surface area (Å²) in [7, 11) is -0.831. The predicted molar refractivity (Wildman–Crippen MR) is 61.0 cm³/mol. The van der Waals surface area contributed by atoms with E-state index in [1.165, 1.54) is 0 Å². The van der Waals surface area contributed by atoms with Gasteiger partial charge in [0.05, 0.1) is 6.61 Å². The molecule has 0 heterocycles. The Morgan fingerprint density at radius 3 is 2.80 bits per heavy atom. The molecule has 0 aromatic heterocycles. The van der Waals surface area contributed by atoms with Gasteiger partial charge in [0.15, 0.2) is 0 Å². The van der Waals surface area contributed by atoms with Crippen LogP contribution in [0.1, 0.15) is 13.3 Å². The van der Waals surface area contributed by atoms with Crippen molar-refractivity contribution in [2.45, 2.75) is 18.6 Å². The van der Waals surface area contributed by atoms with Crippen LogP contribution >= 0.6 is 0 Å². The van der Waals surface area contributed by atoms with Gasteiger partial charge in [0.25, 0.3) is 0 Å². The zero-order valence-electron chi connectivity index (χ0n) is 9.32. The molecule has 0 aromatic rings. The van der Waals surface area contributed by atoms with Crippen LogP contribution in [0.3, 0.4) is 0 Å². The van der Waals surface area contributed by atoms with Crippen molar-refractivity contribution in [3.63, 3.8) is 0 Å². The molecule has 0 radical (unpaired) electrons. The van der Waals surface area contributed by atoms with Crippen molar-refractivity contribution in [2.24, 2.45) is 5.73 Å². The first-order valence-electron chi connectivity index (χ1n) is 4.94. The van der Waals surface area contributed by atoms with Crippen LogP contribution in [0.15, 0.2) is 0 Å². The summed E-state index contributed by atoms with van der Waals surface area (Å²) in [6.45, 7) is 3.28. The zero-order valence-corrected chi connectivity index (χ0v) is 10.1. The molecule has 0 aliphatic heterocycles. The van der Waals surface area contributed by atoms with Crippen molar-refractivity contribution in [3.05, 3.63) is 0 Å². The van der Waals surface area contributed by atoms with Gasteiger partial charge >= 0.3 is 0 Å². The van der Waals surface area contributed by atoms with E-state index in [0.29, 0.717) is 26.1 Å². The molecule has 0 fully saturated rings. The van der Waals surface area contributed by atoms with Gasteiger partial charge in [-0.2, -0.15) is 0 Å².